The van der Waals surface area contributed by atoms with Crippen LogP contribution in [0.4, 0.5) is 0 Å². The summed E-state index contributed by atoms with van der Waals surface area (Å²) in [5.74, 6) is -0.214. The van der Waals surface area contributed by atoms with E-state index in [1.165, 1.54) is 18.2 Å². The highest BCUT2D eigenvalue weighted by Crippen LogP contribution is 2.23. The Hall–Kier alpha value is -1.75. The van der Waals surface area contributed by atoms with Crippen LogP contribution in [-0.4, -0.2) is 35.4 Å². The van der Waals surface area contributed by atoms with Gasteiger partial charge in [-0.1, -0.05) is 6.92 Å². The second-order valence-electron chi connectivity index (χ2n) is 4.81. The summed E-state index contributed by atoms with van der Waals surface area (Å²) in [5, 5.41) is 21.5. The largest absolute Gasteiger partial charge is 0.508 e. The van der Waals surface area contributed by atoms with E-state index in [0.29, 0.717) is 12.5 Å². The normalized spacial score (nSPS) is 22.4. The molecule has 5 heteroatoms. The van der Waals surface area contributed by atoms with Crippen molar-refractivity contribution in [1.82, 2.24) is 5.32 Å². The number of phenols is 2. The first-order valence-electron chi connectivity index (χ1n) is 6.53. The lowest BCUT2D eigenvalue weighted by Crippen LogP contribution is -2.32. The molecule has 0 aromatic heterocycles. The molecule has 2 rings (SSSR count). The highest BCUT2D eigenvalue weighted by molar-refractivity contribution is 5.95. The third kappa shape index (κ3) is 3.38. The molecule has 0 spiro atoms. The van der Waals surface area contributed by atoms with E-state index in [2.05, 4.69) is 12.2 Å². The standard InChI is InChI=1S/C14H19NO4/c1-2-13-9(3-4-19-13)8-15-14(18)10-5-11(16)7-12(17)6-10/h5-7,9,13,16-17H,2-4,8H2,1H3,(H,15,18). The molecule has 1 aliphatic rings. The number of hydrogen-bond donors (Lipinski definition) is 3. The maximum absolute atomic E-state index is 11.9. The number of phenolic OH excluding ortho intramolecular Hbond substituents is 2. The third-order valence-electron chi connectivity index (χ3n) is 3.44. The van der Waals surface area contributed by atoms with Gasteiger partial charge in [0.2, 0.25) is 0 Å². The van der Waals surface area contributed by atoms with Gasteiger partial charge in [0.05, 0.1) is 6.10 Å². The Morgan fingerprint density at radius 1 is 1.37 bits per heavy atom. The molecule has 2 unspecified atom stereocenters. The van der Waals surface area contributed by atoms with E-state index in [1.54, 1.807) is 0 Å². The Bertz CT molecular complexity index is 441. The second-order valence-corrected chi connectivity index (χ2v) is 4.81. The van der Waals surface area contributed by atoms with Crippen molar-refractivity contribution in [3.05, 3.63) is 23.8 Å². The summed E-state index contributed by atoms with van der Waals surface area (Å²) in [6, 6.07) is 3.85. The molecule has 1 amide bonds. The van der Waals surface area contributed by atoms with Crippen molar-refractivity contribution < 1.29 is 19.7 Å². The van der Waals surface area contributed by atoms with Crippen molar-refractivity contribution in [3.8, 4) is 11.5 Å². The minimum atomic E-state index is -0.298. The van der Waals surface area contributed by atoms with Crippen LogP contribution in [0.5, 0.6) is 11.5 Å². The van der Waals surface area contributed by atoms with Gasteiger partial charge in [0.1, 0.15) is 11.5 Å². The highest BCUT2D eigenvalue weighted by atomic mass is 16.5. The topological polar surface area (TPSA) is 78.8 Å². The van der Waals surface area contributed by atoms with Crippen LogP contribution in [0.1, 0.15) is 30.1 Å². The lowest BCUT2D eigenvalue weighted by molar-refractivity contribution is 0.0826. The summed E-state index contributed by atoms with van der Waals surface area (Å²) < 4.78 is 5.56. The van der Waals surface area contributed by atoms with E-state index < -0.39 is 0 Å². The molecule has 19 heavy (non-hydrogen) atoms. The van der Waals surface area contributed by atoms with Crippen molar-refractivity contribution in [1.29, 1.82) is 0 Å². The Labute approximate surface area is 112 Å². The molecule has 0 aliphatic carbocycles. The molecule has 1 aliphatic heterocycles. The number of nitrogens with one attached hydrogen (secondary N) is 1. The predicted molar refractivity (Wildman–Crippen MR) is 70.2 cm³/mol. The maximum atomic E-state index is 11.9. The first-order valence-corrected chi connectivity index (χ1v) is 6.53. The fourth-order valence-electron chi connectivity index (χ4n) is 2.43. The van der Waals surface area contributed by atoms with Gasteiger partial charge in [-0.15, -0.1) is 0 Å². The lowest BCUT2D eigenvalue weighted by Gasteiger charge is -2.17. The van der Waals surface area contributed by atoms with E-state index in [4.69, 9.17) is 4.74 Å². The number of amides is 1. The smallest absolute Gasteiger partial charge is 0.251 e. The molecule has 1 fully saturated rings. The molecule has 0 radical (unpaired) electrons. The average molecular weight is 265 g/mol. The molecule has 3 N–H and O–H groups in total. The van der Waals surface area contributed by atoms with Crippen LogP contribution in [-0.2, 0) is 4.74 Å². The number of hydrogen-bond acceptors (Lipinski definition) is 4. The average Bonchev–Trinajstić information content (AvgIpc) is 2.82. The predicted octanol–water partition coefficient (Wildman–Crippen LogP) is 1.64. The summed E-state index contributed by atoms with van der Waals surface area (Å²) in [4.78, 5) is 11.9. The van der Waals surface area contributed by atoms with Crippen LogP contribution >= 0.6 is 0 Å². The van der Waals surface area contributed by atoms with Crippen molar-refractivity contribution in [2.75, 3.05) is 13.2 Å². The molecule has 1 saturated heterocycles. The van der Waals surface area contributed by atoms with Gasteiger partial charge in [-0.3, -0.25) is 4.79 Å². The fourth-order valence-corrected chi connectivity index (χ4v) is 2.43. The Balaban J connectivity index is 1.94. The van der Waals surface area contributed by atoms with E-state index in [-0.39, 0.29) is 29.1 Å². The van der Waals surface area contributed by atoms with Crippen LogP contribution in [0.2, 0.25) is 0 Å². The summed E-state index contributed by atoms with van der Waals surface area (Å²) in [5.41, 5.74) is 0.254. The van der Waals surface area contributed by atoms with Gasteiger partial charge >= 0.3 is 0 Å². The molecular weight excluding hydrogens is 246 g/mol. The van der Waals surface area contributed by atoms with Crippen LogP contribution < -0.4 is 5.32 Å². The lowest BCUT2D eigenvalue weighted by atomic mass is 9.99. The molecule has 2 atom stereocenters. The van der Waals surface area contributed by atoms with Gasteiger partial charge in [0.25, 0.3) is 5.91 Å². The van der Waals surface area contributed by atoms with Gasteiger partial charge in [-0.2, -0.15) is 0 Å². The van der Waals surface area contributed by atoms with Crippen molar-refractivity contribution >= 4 is 5.91 Å². The molecule has 1 heterocycles. The van der Waals surface area contributed by atoms with Gasteiger partial charge in [-0.25, -0.2) is 0 Å². The SMILES string of the molecule is CCC1OCCC1CNC(=O)c1cc(O)cc(O)c1. The van der Waals surface area contributed by atoms with Gasteiger partial charge in [0.15, 0.2) is 0 Å². The molecular formula is C14H19NO4. The zero-order valence-electron chi connectivity index (χ0n) is 10.9. The number of carbonyl (C=O) groups is 1. The third-order valence-corrected chi connectivity index (χ3v) is 3.44. The summed E-state index contributed by atoms with van der Waals surface area (Å²) in [6.45, 7) is 3.36. The van der Waals surface area contributed by atoms with Gasteiger partial charge in [0, 0.05) is 30.7 Å². The molecule has 0 saturated carbocycles. The molecule has 5 nitrogen and oxygen atoms in total. The van der Waals surface area contributed by atoms with Gasteiger partial charge < -0.3 is 20.3 Å². The van der Waals surface area contributed by atoms with Crippen LogP contribution in [0.15, 0.2) is 18.2 Å². The Morgan fingerprint density at radius 2 is 2.05 bits per heavy atom. The fraction of sp³-hybridized carbons (Fsp3) is 0.500. The van der Waals surface area contributed by atoms with Crippen LogP contribution in [0.25, 0.3) is 0 Å². The minimum absolute atomic E-state index is 0.124. The Kier molecular flexibility index (Phi) is 4.27. The molecule has 0 bridgehead atoms. The summed E-state index contributed by atoms with van der Waals surface area (Å²) in [7, 11) is 0. The van der Waals surface area contributed by atoms with E-state index in [0.717, 1.165) is 19.4 Å². The van der Waals surface area contributed by atoms with E-state index in [9.17, 15) is 15.0 Å². The first-order chi connectivity index (χ1) is 9.10. The zero-order valence-corrected chi connectivity index (χ0v) is 10.9. The molecule has 1 aromatic rings. The second kappa shape index (κ2) is 5.93. The maximum Gasteiger partial charge on any atom is 0.251 e. The number of benzene rings is 1. The van der Waals surface area contributed by atoms with E-state index in [1.807, 2.05) is 0 Å². The number of carbonyl (C=O) groups excluding carboxylic acids is 1. The first kappa shape index (κ1) is 13.7. The van der Waals surface area contributed by atoms with Crippen LogP contribution in [0.3, 0.4) is 0 Å². The van der Waals surface area contributed by atoms with Crippen molar-refractivity contribution in [2.24, 2.45) is 5.92 Å². The van der Waals surface area contributed by atoms with Crippen molar-refractivity contribution in [3.63, 3.8) is 0 Å². The van der Waals surface area contributed by atoms with Crippen molar-refractivity contribution in [2.45, 2.75) is 25.9 Å². The van der Waals surface area contributed by atoms with E-state index >= 15 is 0 Å². The molecule has 1 aromatic carbocycles. The molecule has 104 valence electrons. The zero-order chi connectivity index (χ0) is 13.8. The number of rotatable bonds is 4. The summed E-state index contributed by atoms with van der Waals surface area (Å²) in [6.07, 6.45) is 2.09. The summed E-state index contributed by atoms with van der Waals surface area (Å²) >= 11 is 0. The highest BCUT2D eigenvalue weighted by Gasteiger charge is 2.26. The number of aromatic hydroxyl groups is 2. The Morgan fingerprint density at radius 3 is 2.68 bits per heavy atom. The minimum Gasteiger partial charge on any atom is -0.508 e. The quantitative estimate of drug-likeness (QED) is 0.773. The monoisotopic (exact) mass is 265 g/mol. The number of ether oxygens (including phenoxy) is 1. The van der Waals surface area contributed by atoms with Gasteiger partial charge in [-0.05, 0) is 25.0 Å². The van der Waals surface area contributed by atoms with Crippen LogP contribution in [0, 0.1) is 5.92 Å².